The van der Waals surface area contributed by atoms with E-state index in [1.54, 1.807) is 0 Å². The van der Waals surface area contributed by atoms with Gasteiger partial charge in [0.05, 0.1) is 6.42 Å². The fraction of sp³-hybridized carbons (Fsp3) is 0.235. The zero-order valence-electron chi connectivity index (χ0n) is 11.4. The fourth-order valence-corrected chi connectivity index (χ4v) is 2.90. The van der Waals surface area contributed by atoms with Gasteiger partial charge < -0.3 is 4.74 Å². The highest BCUT2D eigenvalue weighted by Crippen LogP contribution is 2.41. The van der Waals surface area contributed by atoms with Crippen LogP contribution in [-0.2, 0) is 4.79 Å². The van der Waals surface area contributed by atoms with Gasteiger partial charge in [-0.2, -0.15) is 0 Å². The lowest BCUT2D eigenvalue weighted by Gasteiger charge is -2.26. The summed E-state index contributed by atoms with van der Waals surface area (Å²) >= 11 is 6.23. The van der Waals surface area contributed by atoms with Gasteiger partial charge in [-0.25, -0.2) is 0 Å². The van der Waals surface area contributed by atoms with E-state index in [1.165, 1.54) is 5.56 Å². The molecule has 0 bridgehead atoms. The Morgan fingerprint density at radius 1 is 1.10 bits per heavy atom. The van der Waals surface area contributed by atoms with Crippen molar-refractivity contribution in [2.24, 2.45) is 0 Å². The van der Waals surface area contributed by atoms with Crippen LogP contribution >= 0.6 is 11.6 Å². The van der Waals surface area contributed by atoms with E-state index in [0.29, 0.717) is 17.2 Å². The number of fused-ring (bicyclic) bond motifs is 1. The van der Waals surface area contributed by atoms with E-state index in [1.807, 2.05) is 31.2 Å². The second-order valence-corrected chi connectivity index (χ2v) is 5.63. The van der Waals surface area contributed by atoms with Crippen LogP contribution in [0.2, 0.25) is 5.02 Å². The van der Waals surface area contributed by atoms with Crippen LogP contribution in [0.4, 0.5) is 0 Å². The summed E-state index contributed by atoms with van der Waals surface area (Å²) in [7, 11) is 0. The third-order valence-electron chi connectivity index (χ3n) is 3.82. The largest absolute Gasteiger partial charge is 0.426 e. The topological polar surface area (TPSA) is 26.3 Å². The molecule has 1 aliphatic rings. The minimum Gasteiger partial charge on any atom is -0.426 e. The normalized spacial score (nSPS) is 17.6. The predicted molar refractivity (Wildman–Crippen MR) is 79.5 cm³/mol. The molecule has 0 aromatic heterocycles. The average molecular weight is 287 g/mol. The molecule has 0 N–H and O–H groups in total. The maximum Gasteiger partial charge on any atom is 0.312 e. The van der Waals surface area contributed by atoms with Gasteiger partial charge in [0, 0.05) is 16.5 Å². The van der Waals surface area contributed by atoms with E-state index in [2.05, 4.69) is 19.1 Å². The number of hydrogen-bond donors (Lipinski definition) is 0. The lowest BCUT2D eigenvalue weighted by atomic mass is 9.84. The number of ether oxygens (including phenoxy) is 1. The van der Waals surface area contributed by atoms with Gasteiger partial charge >= 0.3 is 5.97 Å². The summed E-state index contributed by atoms with van der Waals surface area (Å²) < 4.78 is 5.36. The van der Waals surface area contributed by atoms with Crippen LogP contribution in [0.1, 0.15) is 34.6 Å². The third-order valence-corrected chi connectivity index (χ3v) is 4.23. The van der Waals surface area contributed by atoms with Crippen LogP contribution in [0.3, 0.4) is 0 Å². The van der Waals surface area contributed by atoms with Crippen molar-refractivity contribution in [3.8, 4) is 5.75 Å². The minimum absolute atomic E-state index is 0.0190. The maximum atomic E-state index is 11.9. The second kappa shape index (κ2) is 4.95. The fourth-order valence-electron chi connectivity index (χ4n) is 2.73. The van der Waals surface area contributed by atoms with E-state index < -0.39 is 0 Å². The first-order valence-corrected chi connectivity index (χ1v) is 7.00. The summed E-state index contributed by atoms with van der Waals surface area (Å²) in [5.41, 5.74) is 4.25. The van der Waals surface area contributed by atoms with Crippen LogP contribution in [-0.4, -0.2) is 5.97 Å². The van der Waals surface area contributed by atoms with Crippen molar-refractivity contribution < 1.29 is 9.53 Å². The number of rotatable bonds is 1. The van der Waals surface area contributed by atoms with E-state index in [4.69, 9.17) is 16.3 Å². The molecule has 0 fully saturated rings. The molecule has 0 saturated carbocycles. The quantitative estimate of drug-likeness (QED) is 0.574. The summed E-state index contributed by atoms with van der Waals surface area (Å²) in [5.74, 6) is 0.467. The van der Waals surface area contributed by atoms with Gasteiger partial charge in [-0.1, -0.05) is 35.9 Å². The number of benzene rings is 2. The molecule has 3 rings (SSSR count). The molecule has 1 atom stereocenters. The van der Waals surface area contributed by atoms with E-state index >= 15 is 0 Å². The summed E-state index contributed by atoms with van der Waals surface area (Å²) in [6, 6.07) is 11.9. The predicted octanol–water partition coefficient (Wildman–Crippen LogP) is 4.40. The van der Waals surface area contributed by atoms with Crippen LogP contribution < -0.4 is 4.74 Å². The van der Waals surface area contributed by atoms with E-state index in [-0.39, 0.29) is 11.9 Å². The van der Waals surface area contributed by atoms with Crippen LogP contribution in [0.5, 0.6) is 5.75 Å². The first kappa shape index (κ1) is 13.2. The highest BCUT2D eigenvalue weighted by molar-refractivity contribution is 6.31. The van der Waals surface area contributed by atoms with Gasteiger partial charge in [-0.3, -0.25) is 4.79 Å². The van der Waals surface area contributed by atoms with Crippen molar-refractivity contribution in [3.63, 3.8) is 0 Å². The van der Waals surface area contributed by atoms with E-state index in [9.17, 15) is 4.79 Å². The molecule has 20 heavy (non-hydrogen) atoms. The first-order valence-electron chi connectivity index (χ1n) is 6.62. The molecule has 0 aliphatic carbocycles. The number of hydrogen-bond acceptors (Lipinski definition) is 2. The number of carbonyl (C=O) groups is 1. The molecule has 3 heteroatoms. The van der Waals surface area contributed by atoms with Gasteiger partial charge in [-0.15, -0.1) is 0 Å². The standard InChI is InChI=1S/C17H15ClO2/c1-10-5-3-4-6-12(10)13-9-17(19)20-16-7-11(2)15(18)8-14(13)16/h3-8,13H,9H2,1-2H3/t13-/m1/s1. The molecule has 1 heterocycles. The van der Waals surface area contributed by atoms with Gasteiger partial charge in [0.15, 0.2) is 0 Å². The Morgan fingerprint density at radius 3 is 2.60 bits per heavy atom. The van der Waals surface area contributed by atoms with Crippen molar-refractivity contribution >= 4 is 17.6 Å². The molecular formula is C17H15ClO2. The number of carbonyl (C=O) groups excluding carboxylic acids is 1. The molecule has 2 nitrogen and oxygen atoms in total. The molecule has 0 radical (unpaired) electrons. The molecule has 102 valence electrons. The van der Waals surface area contributed by atoms with Crippen molar-refractivity contribution in [3.05, 3.63) is 63.7 Å². The third kappa shape index (κ3) is 2.20. The van der Waals surface area contributed by atoms with Crippen molar-refractivity contribution in [2.45, 2.75) is 26.2 Å². The molecular weight excluding hydrogens is 272 g/mol. The Bertz CT molecular complexity index is 691. The van der Waals surface area contributed by atoms with Crippen molar-refractivity contribution in [2.75, 3.05) is 0 Å². The Labute approximate surface area is 123 Å². The Hall–Kier alpha value is -1.80. The molecule has 0 amide bonds. The van der Waals surface area contributed by atoms with Gasteiger partial charge in [0.2, 0.25) is 0 Å². The number of halogens is 1. The molecule has 0 unspecified atom stereocenters. The lowest BCUT2D eigenvalue weighted by Crippen LogP contribution is -2.21. The Balaban J connectivity index is 2.17. The second-order valence-electron chi connectivity index (χ2n) is 5.23. The molecule has 2 aromatic rings. The number of aryl methyl sites for hydroxylation is 2. The molecule has 2 aromatic carbocycles. The molecule has 0 spiro atoms. The lowest BCUT2D eigenvalue weighted by molar-refractivity contribution is -0.135. The van der Waals surface area contributed by atoms with E-state index in [0.717, 1.165) is 16.7 Å². The van der Waals surface area contributed by atoms with Crippen molar-refractivity contribution in [1.29, 1.82) is 0 Å². The van der Waals surface area contributed by atoms with Gasteiger partial charge in [0.1, 0.15) is 5.75 Å². The number of esters is 1. The average Bonchev–Trinajstić information content (AvgIpc) is 2.41. The molecule has 0 saturated heterocycles. The van der Waals surface area contributed by atoms with Crippen LogP contribution in [0.25, 0.3) is 0 Å². The molecule has 1 aliphatic heterocycles. The SMILES string of the molecule is Cc1cc2c(cc1Cl)[C@@H](c1ccccc1C)CC(=O)O2. The highest BCUT2D eigenvalue weighted by Gasteiger charge is 2.29. The zero-order valence-corrected chi connectivity index (χ0v) is 12.2. The Morgan fingerprint density at radius 2 is 1.85 bits per heavy atom. The van der Waals surface area contributed by atoms with Gasteiger partial charge in [-0.05, 0) is 42.7 Å². The first-order chi connectivity index (χ1) is 9.56. The Kier molecular flexibility index (Phi) is 3.27. The highest BCUT2D eigenvalue weighted by atomic mass is 35.5. The van der Waals surface area contributed by atoms with Crippen LogP contribution in [0.15, 0.2) is 36.4 Å². The summed E-state index contributed by atoms with van der Waals surface area (Å²) in [6.07, 6.45) is 0.358. The summed E-state index contributed by atoms with van der Waals surface area (Å²) in [6.45, 7) is 3.97. The minimum atomic E-state index is -0.188. The monoisotopic (exact) mass is 286 g/mol. The smallest absolute Gasteiger partial charge is 0.312 e. The van der Waals surface area contributed by atoms with Crippen molar-refractivity contribution in [1.82, 2.24) is 0 Å². The summed E-state index contributed by atoms with van der Waals surface area (Å²) in [5, 5.41) is 0.709. The maximum absolute atomic E-state index is 11.9. The zero-order chi connectivity index (χ0) is 14.3. The summed E-state index contributed by atoms with van der Waals surface area (Å²) in [4.78, 5) is 11.9. The van der Waals surface area contributed by atoms with Gasteiger partial charge in [0.25, 0.3) is 0 Å². The van der Waals surface area contributed by atoms with Crippen LogP contribution in [0, 0.1) is 13.8 Å².